The van der Waals surface area contributed by atoms with Crippen molar-refractivity contribution in [2.45, 2.75) is 0 Å². The number of fused-ring (bicyclic) bond motifs is 10. The van der Waals surface area contributed by atoms with Gasteiger partial charge in [0.25, 0.3) is 0 Å². The first kappa shape index (κ1) is 29.4. The molecule has 0 saturated heterocycles. The van der Waals surface area contributed by atoms with Crippen molar-refractivity contribution >= 4 is 86.8 Å². The highest BCUT2D eigenvalue weighted by atomic mass is 16.3. The largest absolute Gasteiger partial charge is 0.455 e. The van der Waals surface area contributed by atoms with Crippen molar-refractivity contribution in [2.24, 2.45) is 0 Å². The Morgan fingerprint density at radius 2 is 0.870 bits per heavy atom. The molecule has 0 aliphatic heterocycles. The van der Waals surface area contributed by atoms with Crippen molar-refractivity contribution in [1.29, 1.82) is 0 Å². The number of aromatic amines is 1. The maximum absolute atomic E-state index is 7.06. The smallest absolute Gasteiger partial charge is 0.144 e. The van der Waals surface area contributed by atoms with E-state index in [9.17, 15) is 0 Å². The number of furan rings is 1. The first-order chi connectivity index (χ1) is 26.8. The summed E-state index contributed by atoms with van der Waals surface area (Å²) in [6.45, 7) is 0. The molecule has 0 aliphatic rings. The summed E-state index contributed by atoms with van der Waals surface area (Å²) < 4.78 is 7.06. The third-order valence-corrected chi connectivity index (χ3v) is 11.5. The number of hydrogen-bond acceptors (Lipinski definition) is 1. The zero-order valence-electron chi connectivity index (χ0n) is 29.2. The molecule has 250 valence electrons. The van der Waals surface area contributed by atoms with Crippen molar-refractivity contribution < 1.29 is 4.42 Å². The summed E-state index contributed by atoms with van der Waals surface area (Å²) in [6.07, 6.45) is 0. The Hall–Kier alpha value is -7.16. The number of H-pyrrole nitrogens is 1. The van der Waals surface area contributed by atoms with E-state index in [1.165, 1.54) is 81.7 Å². The maximum Gasteiger partial charge on any atom is 0.144 e. The second-order valence-corrected chi connectivity index (χ2v) is 14.5. The third-order valence-electron chi connectivity index (χ3n) is 11.5. The fourth-order valence-corrected chi connectivity index (χ4v) is 9.09. The highest BCUT2D eigenvalue weighted by Gasteiger charge is 2.25. The number of rotatable bonds is 3. The Balaban J connectivity index is 1.19. The minimum Gasteiger partial charge on any atom is -0.455 e. The van der Waals surface area contributed by atoms with E-state index in [2.05, 4.69) is 187 Å². The molecular weight excluding hydrogens is 655 g/mol. The van der Waals surface area contributed by atoms with E-state index in [1.54, 1.807) is 0 Å². The number of para-hydroxylation sites is 1. The highest BCUT2D eigenvalue weighted by molar-refractivity contribution is 6.32. The van der Waals surface area contributed by atoms with E-state index >= 15 is 0 Å². The van der Waals surface area contributed by atoms with Gasteiger partial charge in [-0.15, -0.1) is 0 Å². The van der Waals surface area contributed by atoms with Gasteiger partial charge in [0.15, 0.2) is 0 Å². The molecule has 1 N–H and O–H groups in total. The summed E-state index contributed by atoms with van der Waals surface area (Å²) in [7, 11) is 0. The van der Waals surface area contributed by atoms with Gasteiger partial charge in [0.05, 0.1) is 0 Å². The van der Waals surface area contributed by atoms with Crippen LogP contribution in [0.15, 0.2) is 186 Å². The lowest BCUT2D eigenvalue weighted by Gasteiger charge is -2.19. The van der Waals surface area contributed by atoms with Crippen LogP contribution in [0.5, 0.6) is 0 Å². The summed E-state index contributed by atoms with van der Waals surface area (Å²) in [4.78, 5) is 3.79. The van der Waals surface area contributed by atoms with Crippen LogP contribution in [0.4, 0.5) is 0 Å². The van der Waals surface area contributed by atoms with Gasteiger partial charge in [-0.1, -0.05) is 146 Å². The second kappa shape index (κ2) is 11.2. The lowest BCUT2D eigenvalue weighted by atomic mass is 9.84. The Bertz CT molecular complexity index is 3440. The Labute approximate surface area is 310 Å². The highest BCUT2D eigenvalue weighted by Crippen LogP contribution is 2.50. The van der Waals surface area contributed by atoms with E-state index in [0.717, 1.165) is 38.5 Å². The third kappa shape index (κ3) is 4.22. The predicted molar refractivity (Wildman–Crippen MR) is 229 cm³/mol. The molecule has 2 nitrogen and oxygen atoms in total. The molecule has 2 heterocycles. The molecule has 0 bridgehead atoms. The van der Waals surface area contributed by atoms with E-state index in [4.69, 9.17) is 4.42 Å². The van der Waals surface area contributed by atoms with Crippen molar-refractivity contribution in [2.75, 3.05) is 0 Å². The van der Waals surface area contributed by atoms with Crippen LogP contribution in [0.1, 0.15) is 0 Å². The minimum absolute atomic E-state index is 0.902. The van der Waals surface area contributed by atoms with E-state index < -0.39 is 0 Å². The van der Waals surface area contributed by atoms with Crippen LogP contribution in [-0.2, 0) is 0 Å². The molecule has 0 fully saturated rings. The quantitative estimate of drug-likeness (QED) is 0.184. The second-order valence-electron chi connectivity index (χ2n) is 14.5. The molecule has 0 aliphatic carbocycles. The summed E-state index contributed by atoms with van der Waals surface area (Å²) in [5, 5.41) is 14.3. The SMILES string of the molecule is c1ccc(-c2ccc3cc(-c4c5ccccc5c(-c5c6oc7cc8ccccc8cc7c6cc6[nH]c7ccccc7c56)c5ccccc45)ccc3c2)cc1. The summed E-state index contributed by atoms with van der Waals surface area (Å²) in [6, 6.07) is 66.2. The van der Waals surface area contributed by atoms with Crippen LogP contribution in [-0.4, -0.2) is 4.98 Å². The molecule has 2 heteroatoms. The van der Waals surface area contributed by atoms with Gasteiger partial charge in [0.2, 0.25) is 0 Å². The van der Waals surface area contributed by atoms with Crippen molar-refractivity contribution in [3.05, 3.63) is 182 Å². The van der Waals surface area contributed by atoms with E-state index in [-0.39, 0.29) is 0 Å². The van der Waals surface area contributed by atoms with Crippen molar-refractivity contribution in [3.63, 3.8) is 0 Å². The number of hydrogen-bond donors (Lipinski definition) is 1. The Morgan fingerprint density at radius 3 is 1.59 bits per heavy atom. The van der Waals surface area contributed by atoms with Crippen molar-refractivity contribution in [3.8, 4) is 33.4 Å². The lowest BCUT2D eigenvalue weighted by molar-refractivity contribution is 0.671. The Morgan fingerprint density at radius 1 is 0.315 bits per heavy atom. The van der Waals surface area contributed by atoms with Crippen LogP contribution >= 0.6 is 0 Å². The molecule has 2 aromatic heterocycles. The number of benzene rings is 10. The predicted octanol–water partition coefficient (Wildman–Crippen LogP) is 14.8. The molecule has 0 saturated carbocycles. The first-order valence-corrected chi connectivity index (χ1v) is 18.6. The van der Waals surface area contributed by atoms with Gasteiger partial charge in [-0.3, -0.25) is 0 Å². The molecule has 0 unspecified atom stereocenters. The zero-order valence-corrected chi connectivity index (χ0v) is 29.2. The van der Waals surface area contributed by atoms with Gasteiger partial charge in [0.1, 0.15) is 11.2 Å². The molecular formula is C52H31NO. The normalized spacial score (nSPS) is 12.1. The maximum atomic E-state index is 7.06. The minimum atomic E-state index is 0.902. The van der Waals surface area contributed by atoms with E-state index in [0.29, 0.717) is 0 Å². The molecule has 0 spiro atoms. The Kier molecular flexibility index (Phi) is 6.09. The topological polar surface area (TPSA) is 28.9 Å². The molecule has 0 amide bonds. The van der Waals surface area contributed by atoms with Crippen LogP contribution in [0.3, 0.4) is 0 Å². The fourth-order valence-electron chi connectivity index (χ4n) is 9.09. The van der Waals surface area contributed by atoms with Crippen LogP contribution in [0.2, 0.25) is 0 Å². The first-order valence-electron chi connectivity index (χ1n) is 18.6. The molecule has 12 aromatic rings. The van der Waals surface area contributed by atoms with Gasteiger partial charge in [-0.25, -0.2) is 0 Å². The number of nitrogens with one attached hydrogen (secondary N) is 1. The monoisotopic (exact) mass is 685 g/mol. The van der Waals surface area contributed by atoms with Crippen LogP contribution in [0, 0.1) is 0 Å². The van der Waals surface area contributed by atoms with Gasteiger partial charge < -0.3 is 9.40 Å². The lowest BCUT2D eigenvalue weighted by Crippen LogP contribution is -1.92. The average molecular weight is 686 g/mol. The molecule has 12 rings (SSSR count). The standard InChI is InChI=1S/C52H31NO/c1-2-12-31(13-3-1)34-22-23-36-27-37(25-24-35(36)26-34)48-38-16-6-8-18-40(38)49(41-19-9-7-17-39(41)48)51-50-42-20-10-11-21-45(42)53-46(50)30-44-43-28-32-14-4-5-15-33(32)29-47(43)54-52(44)51/h1-30,53H. The van der Waals surface area contributed by atoms with Crippen LogP contribution < -0.4 is 0 Å². The fraction of sp³-hybridized carbons (Fsp3) is 0. The zero-order chi connectivity index (χ0) is 35.3. The molecule has 54 heavy (non-hydrogen) atoms. The summed E-state index contributed by atoms with van der Waals surface area (Å²) >= 11 is 0. The van der Waals surface area contributed by atoms with Gasteiger partial charge in [0, 0.05) is 43.7 Å². The molecule has 10 aromatic carbocycles. The van der Waals surface area contributed by atoms with Crippen LogP contribution in [0.25, 0.3) is 120 Å². The summed E-state index contributed by atoms with van der Waals surface area (Å²) in [5.74, 6) is 0. The molecule has 0 atom stereocenters. The number of aromatic nitrogens is 1. The average Bonchev–Trinajstić information content (AvgIpc) is 3.78. The van der Waals surface area contributed by atoms with Gasteiger partial charge in [-0.05, 0) is 102 Å². The van der Waals surface area contributed by atoms with Gasteiger partial charge >= 0.3 is 0 Å². The van der Waals surface area contributed by atoms with Crippen molar-refractivity contribution in [1.82, 2.24) is 4.98 Å². The summed E-state index contributed by atoms with van der Waals surface area (Å²) in [5.41, 5.74) is 11.3. The van der Waals surface area contributed by atoms with E-state index in [1.807, 2.05) is 0 Å². The molecule has 0 radical (unpaired) electrons. The van der Waals surface area contributed by atoms with Gasteiger partial charge in [-0.2, -0.15) is 0 Å².